The first-order valence-electron chi connectivity index (χ1n) is 7.34. The topological polar surface area (TPSA) is 57.2 Å². The Kier molecular flexibility index (Phi) is 9.59. The molecule has 0 saturated heterocycles. The third-order valence-corrected chi connectivity index (χ3v) is 3.27. The van der Waals surface area contributed by atoms with Gasteiger partial charge in [0.1, 0.15) is 0 Å². The van der Waals surface area contributed by atoms with Gasteiger partial charge in [-0.3, -0.25) is 0 Å². The van der Waals surface area contributed by atoms with Crippen LogP contribution in [0.25, 0.3) is 0 Å². The Labute approximate surface area is 123 Å². The Morgan fingerprint density at radius 1 is 0.900 bits per heavy atom. The van der Waals surface area contributed by atoms with Gasteiger partial charge in [0.05, 0.1) is 50.3 Å². The van der Waals surface area contributed by atoms with Crippen molar-refractivity contribution in [3.63, 3.8) is 0 Å². The molecule has 1 N–H and O–H groups in total. The summed E-state index contributed by atoms with van der Waals surface area (Å²) in [6, 6.07) is 0. The summed E-state index contributed by atoms with van der Waals surface area (Å²) in [5.41, 5.74) is -1.52. The van der Waals surface area contributed by atoms with Gasteiger partial charge in [-0.15, -0.1) is 0 Å². The summed E-state index contributed by atoms with van der Waals surface area (Å²) in [5.74, 6) is 0. The molecule has 5 heteroatoms. The van der Waals surface area contributed by atoms with E-state index in [0.29, 0.717) is 39.6 Å². The summed E-state index contributed by atoms with van der Waals surface area (Å²) < 4.78 is 21.8. The maximum Gasteiger partial charge on any atom is 0.0911 e. The number of rotatable bonds is 12. The van der Waals surface area contributed by atoms with E-state index < -0.39 is 11.2 Å². The van der Waals surface area contributed by atoms with E-state index in [2.05, 4.69) is 0 Å². The van der Waals surface area contributed by atoms with Crippen LogP contribution in [-0.2, 0) is 18.9 Å². The molecular formula is C15H32O5. The molecule has 0 amide bonds. The highest BCUT2D eigenvalue weighted by molar-refractivity contribution is 4.88. The van der Waals surface area contributed by atoms with Crippen LogP contribution in [0, 0.1) is 0 Å². The van der Waals surface area contributed by atoms with Crippen molar-refractivity contribution in [2.24, 2.45) is 0 Å². The molecule has 0 aliphatic carbocycles. The van der Waals surface area contributed by atoms with E-state index in [9.17, 15) is 5.11 Å². The second-order valence-corrected chi connectivity index (χ2v) is 5.88. The molecule has 0 radical (unpaired) electrons. The highest BCUT2D eigenvalue weighted by Gasteiger charge is 2.37. The molecule has 0 aromatic heterocycles. The SMILES string of the molecule is CCOCCOCCOCC(C)OC(C)(C)C(C)(C)O. The van der Waals surface area contributed by atoms with Crippen molar-refractivity contribution >= 4 is 0 Å². The van der Waals surface area contributed by atoms with Crippen LogP contribution in [0.5, 0.6) is 0 Å². The minimum absolute atomic E-state index is 0.0835. The van der Waals surface area contributed by atoms with Crippen molar-refractivity contribution in [1.29, 1.82) is 0 Å². The molecule has 0 aromatic carbocycles. The lowest BCUT2D eigenvalue weighted by molar-refractivity contribution is -0.181. The highest BCUT2D eigenvalue weighted by Crippen LogP contribution is 2.26. The molecule has 1 atom stereocenters. The van der Waals surface area contributed by atoms with Crippen LogP contribution in [0.15, 0.2) is 0 Å². The summed E-state index contributed by atoms with van der Waals surface area (Å²) >= 11 is 0. The number of aliphatic hydroxyl groups is 1. The maximum atomic E-state index is 10.0. The quantitative estimate of drug-likeness (QED) is 0.558. The maximum absolute atomic E-state index is 10.0. The molecule has 122 valence electrons. The summed E-state index contributed by atoms with van der Waals surface area (Å²) in [6.07, 6.45) is -0.0835. The van der Waals surface area contributed by atoms with Gasteiger partial charge in [-0.1, -0.05) is 0 Å². The van der Waals surface area contributed by atoms with E-state index in [1.54, 1.807) is 13.8 Å². The summed E-state index contributed by atoms with van der Waals surface area (Å²) in [6.45, 7) is 14.6. The zero-order valence-corrected chi connectivity index (χ0v) is 13.9. The molecule has 0 bridgehead atoms. The molecule has 0 aliphatic heterocycles. The fraction of sp³-hybridized carbons (Fsp3) is 1.00. The first kappa shape index (κ1) is 19.8. The average molecular weight is 292 g/mol. The molecule has 5 nitrogen and oxygen atoms in total. The standard InChI is InChI=1S/C15H32O5/c1-7-17-8-9-18-10-11-19-12-13(2)20-15(5,6)14(3,4)16/h13,16H,7-12H2,1-6H3. The van der Waals surface area contributed by atoms with Gasteiger partial charge < -0.3 is 24.1 Å². The molecule has 0 fully saturated rings. The van der Waals surface area contributed by atoms with Crippen LogP contribution in [-0.4, -0.2) is 62.1 Å². The summed E-state index contributed by atoms with van der Waals surface area (Å²) in [5, 5.41) is 10.0. The highest BCUT2D eigenvalue weighted by atomic mass is 16.6. The van der Waals surface area contributed by atoms with Crippen molar-refractivity contribution in [3.05, 3.63) is 0 Å². The lowest BCUT2D eigenvalue weighted by Crippen LogP contribution is -2.49. The van der Waals surface area contributed by atoms with Gasteiger partial charge in [0.15, 0.2) is 0 Å². The molecular weight excluding hydrogens is 260 g/mol. The van der Waals surface area contributed by atoms with Gasteiger partial charge in [0, 0.05) is 6.61 Å². The van der Waals surface area contributed by atoms with Crippen molar-refractivity contribution in [2.75, 3.05) is 39.6 Å². The Morgan fingerprint density at radius 3 is 1.90 bits per heavy atom. The monoisotopic (exact) mass is 292 g/mol. The first-order valence-corrected chi connectivity index (χ1v) is 7.34. The lowest BCUT2D eigenvalue weighted by atomic mass is 9.89. The number of ether oxygens (including phenoxy) is 4. The Hall–Kier alpha value is -0.200. The third-order valence-electron chi connectivity index (χ3n) is 3.27. The molecule has 0 aromatic rings. The molecule has 0 spiro atoms. The van der Waals surface area contributed by atoms with Crippen LogP contribution in [0.1, 0.15) is 41.5 Å². The van der Waals surface area contributed by atoms with Gasteiger partial charge >= 0.3 is 0 Å². The van der Waals surface area contributed by atoms with Crippen LogP contribution in [0.2, 0.25) is 0 Å². The Bertz CT molecular complexity index is 235. The van der Waals surface area contributed by atoms with E-state index in [-0.39, 0.29) is 6.10 Å². The molecule has 20 heavy (non-hydrogen) atoms. The van der Waals surface area contributed by atoms with Crippen LogP contribution in [0.3, 0.4) is 0 Å². The minimum Gasteiger partial charge on any atom is -0.387 e. The third kappa shape index (κ3) is 8.87. The van der Waals surface area contributed by atoms with Crippen molar-refractivity contribution in [2.45, 2.75) is 58.8 Å². The van der Waals surface area contributed by atoms with E-state index >= 15 is 0 Å². The Morgan fingerprint density at radius 2 is 1.40 bits per heavy atom. The largest absolute Gasteiger partial charge is 0.387 e. The zero-order valence-electron chi connectivity index (χ0n) is 13.9. The van der Waals surface area contributed by atoms with Crippen molar-refractivity contribution in [3.8, 4) is 0 Å². The minimum atomic E-state index is -0.899. The molecule has 0 saturated carbocycles. The van der Waals surface area contributed by atoms with E-state index in [1.807, 2.05) is 27.7 Å². The molecule has 0 aliphatic rings. The normalized spacial score (nSPS) is 14.6. The summed E-state index contributed by atoms with van der Waals surface area (Å²) in [4.78, 5) is 0. The van der Waals surface area contributed by atoms with Gasteiger partial charge in [-0.2, -0.15) is 0 Å². The zero-order chi connectivity index (χ0) is 15.6. The fourth-order valence-corrected chi connectivity index (χ4v) is 1.41. The molecule has 0 rings (SSSR count). The average Bonchev–Trinajstić information content (AvgIpc) is 2.30. The fourth-order valence-electron chi connectivity index (χ4n) is 1.41. The van der Waals surface area contributed by atoms with Gasteiger partial charge in [-0.05, 0) is 41.5 Å². The molecule has 1 unspecified atom stereocenters. The van der Waals surface area contributed by atoms with Gasteiger partial charge in [0.25, 0.3) is 0 Å². The van der Waals surface area contributed by atoms with E-state index in [0.717, 1.165) is 0 Å². The van der Waals surface area contributed by atoms with Crippen LogP contribution < -0.4 is 0 Å². The second-order valence-electron chi connectivity index (χ2n) is 5.88. The van der Waals surface area contributed by atoms with E-state index in [1.165, 1.54) is 0 Å². The lowest BCUT2D eigenvalue weighted by Gasteiger charge is -2.39. The van der Waals surface area contributed by atoms with Gasteiger partial charge in [0.2, 0.25) is 0 Å². The predicted octanol–water partition coefficient (Wildman–Crippen LogP) is 2.01. The number of hydrogen-bond acceptors (Lipinski definition) is 5. The number of hydrogen-bond donors (Lipinski definition) is 1. The van der Waals surface area contributed by atoms with E-state index in [4.69, 9.17) is 18.9 Å². The summed E-state index contributed by atoms with van der Waals surface area (Å²) in [7, 11) is 0. The first-order chi connectivity index (χ1) is 9.20. The van der Waals surface area contributed by atoms with Crippen LogP contribution >= 0.6 is 0 Å². The predicted molar refractivity (Wildman–Crippen MR) is 79.1 cm³/mol. The molecule has 0 heterocycles. The second kappa shape index (κ2) is 9.68. The smallest absolute Gasteiger partial charge is 0.0911 e. The van der Waals surface area contributed by atoms with Gasteiger partial charge in [-0.25, -0.2) is 0 Å². The Balaban J connectivity index is 3.62. The van der Waals surface area contributed by atoms with Crippen molar-refractivity contribution in [1.82, 2.24) is 0 Å². The van der Waals surface area contributed by atoms with Crippen molar-refractivity contribution < 1.29 is 24.1 Å². The van der Waals surface area contributed by atoms with Crippen LogP contribution in [0.4, 0.5) is 0 Å².